The van der Waals surface area contributed by atoms with Crippen molar-refractivity contribution in [3.05, 3.63) is 0 Å². The van der Waals surface area contributed by atoms with Gasteiger partial charge >= 0.3 is 0 Å². The summed E-state index contributed by atoms with van der Waals surface area (Å²) in [6, 6.07) is 0. The number of rotatable bonds is 13. The minimum Gasteiger partial charge on any atom is -0.303 e. The molecule has 1 rings (SSSR count). The van der Waals surface area contributed by atoms with Crippen LogP contribution in [0.2, 0.25) is 0 Å². The standard InChI is InChI=1S/C10H18O.C10H20O/c1-2-3-4-5-9-6-7-10(9)8-11;1-2-3-4-5-6-7-8-9-10-11/h8-10H,2-7H2,1H3;10H,2-9H2,1H3. The van der Waals surface area contributed by atoms with Gasteiger partial charge in [-0.3, -0.25) is 0 Å². The maximum atomic E-state index is 10.4. The van der Waals surface area contributed by atoms with Crippen LogP contribution in [0.1, 0.15) is 104 Å². The van der Waals surface area contributed by atoms with Crippen LogP contribution < -0.4 is 0 Å². The molecule has 0 aromatic carbocycles. The van der Waals surface area contributed by atoms with E-state index < -0.39 is 0 Å². The maximum Gasteiger partial charge on any atom is 0.123 e. The second-order valence-electron chi connectivity index (χ2n) is 6.71. The van der Waals surface area contributed by atoms with Crippen molar-refractivity contribution in [1.82, 2.24) is 0 Å². The van der Waals surface area contributed by atoms with Gasteiger partial charge in [-0.1, -0.05) is 71.6 Å². The molecule has 0 aromatic heterocycles. The summed E-state index contributed by atoms with van der Waals surface area (Å²) in [5.74, 6) is 1.17. The third kappa shape index (κ3) is 11.9. The molecule has 0 radical (unpaired) electrons. The van der Waals surface area contributed by atoms with Gasteiger partial charge in [-0.05, 0) is 31.6 Å². The van der Waals surface area contributed by atoms with E-state index in [0.29, 0.717) is 5.92 Å². The zero-order valence-corrected chi connectivity index (χ0v) is 15.0. The predicted molar refractivity (Wildman–Crippen MR) is 95.1 cm³/mol. The van der Waals surface area contributed by atoms with Crippen LogP contribution in [0.15, 0.2) is 0 Å². The zero-order valence-electron chi connectivity index (χ0n) is 15.0. The smallest absolute Gasteiger partial charge is 0.123 e. The summed E-state index contributed by atoms with van der Waals surface area (Å²) >= 11 is 0. The Morgan fingerprint density at radius 2 is 1.36 bits per heavy atom. The molecule has 1 saturated carbocycles. The van der Waals surface area contributed by atoms with Crippen molar-refractivity contribution in [2.24, 2.45) is 11.8 Å². The normalized spacial score (nSPS) is 19.7. The second-order valence-corrected chi connectivity index (χ2v) is 6.71. The number of aldehydes is 2. The highest BCUT2D eigenvalue weighted by atomic mass is 16.1. The van der Waals surface area contributed by atoms with E-state index in [1.54, 1.807) is 0 Å². The van der Waals surface area contributed by atoms with Crippen molar-refractivity contribution < 1.29 is 9.59 Å². The van der Waals surface area contributed by atoms with Crippen LogP contribution in [0.25, 0.3) is 0 Å². The van der Waals surface area contributed by atoms with Gasteiger partial charge in [-0.25, -0.2) is 0 Å². The molecule has 0 aromatic rings. The fourth-order valence-corrected chi connectivity index (χ4v) is 2.97. The van der Waals surface area contributed by atoms with E-state index in [0.717, 1.165) is 37.8 Å². The zero-order chi connectivity index (χ0) is 16.5. The molecule has 0 amide bonds. The summed E-state index contributed by atoms with van der Waals surface area (Å²) in [7, 11) is 0. The van der Waals surface area contributed by atoms with Gasteiger partial charge in [0.2, 0.25) is 0 Å². The molecule has 0 spiro atoms. The Bertz CT molecular complexity index is 250. The van der Waals surface area contributed by atoms with Gasteiger partial charge in [0.1, 0.15) is 12.6 Å². The summed E-state index contributed by atoms with van der Waals surface area (Å²) in [5.41, 5.74) is 0. The van der Waals surface area contributed by atoms with Gasteiger partial charge in [-0.2, -0.15) is 0 Å². The minimum absolute atomic E-state index is 0.423. The van der Waals surface area contributed by atoms with Gasteiger partial charge in [-0.15, -0.1) is 0 Å². The Kier molecular flexibility index (Phi) is 16.2. The molecule has 0 bridgehead atoms. The van der Waals surface area contributed by atoms with Crippen LogP contribution in [-0.2, 0) is 9.59 Å². The first-order valence-corrected chi connectivity index (χ1v) is 9.69. The average Bonchev–Trinajstić information content (AvgIpc) is 2.51. The number of carbonyl (C=O) groups excluding carboxylic acids is 2. The van der Waals surface area contributed by atoms with E-state index in [1.807, 2.05) is 0 Å². The first-order chi connectivity index (χ1) is 10.8. The quantitative estimate of drug-likeness (QED) is 0.303. The topological polar surface area (TPSA) is 34.1 Å². The lowest BCUT2D eigenvalue weighted by molar-refractivity contribution is -0.115. The Labute approximate surface area is 138 Å². The number of unbranched alkanes of at least 4 members (excludes halogenated alkanes) is 9. The third-order valence-corrected chi connectivity index (χ3v) is 4.76. The molecule has 2 atom stereocenters. The Hall–Kier alpha value is -0.660. The number of carbonyl (C=O) groups is 2. The van der Waals surface area contributed by atoms with Gasteiger partial charge in [0.15, 0.2) is 0 Å². The van der Waals surface area contributed by atoms with E-state index in [1.165, 1.54) is 70.6 Å². The lowest BCUT2D eigenvalue weighted by Crippen LogP contribution is -2.26. The molecular formula is C20H38O2. The van der Waals surface area contributed by atoms with Crippen LogP contribution in [0, 0.1) is 11.8 Å². The Morgan fingerprint density at radius 3 is 1.86 bits per heavy atom. The number of hydrogen-bond donors (Lipinski definition) is 0. The molecule has 130 valence electrons. The van der Waals surface area contributed by atoms with Crippen molar-refractivity contribution in [3.8, 4) is 0 Å². The SMILES string of the molecule is CCCCCC1CCC1C=O.CCCCCCCCCC=O. The lowest BCUT2D eigenvalue weighted by atomic mass is 9.72. The fraction of sp³-hybridized carbons (Fsp3) is 0.900. The van der Waals surface area contributed by atoms with E-state index >= 15 is 0 Å². The van der Waals surface area contributed by atoms with Gasteiger partial charge in [0.25, 0.3) is 0 Å². The first kappa shape index (κ1) is 21.3. The molecule has 2 heteroatoms. The highest BCUT2D eigenvalue weighted by molar-refractivity contribution is 5.55. The van der Waals surface area contributed by atoms with Crippen LogP contribution in [0.3, 0.4) is 0 Å². The van der Waals surface area contributed by atoms with Gasteiger partial charge in [0.05, 0.1) is 0 Å². The van der Waals surface area contributed by atoms with Crippen molar-refractivity contribution >= 4 is 12.6 Å². The number of hydrogen-bond acceptors (Lipinski definition) is 2. The van der Waals surface area contributed by atoms with Crippen LogP contribution >= 0.6 is 0 Å². The van der Waals surface area contributed by atoms with E-state index in [2.05, 4.69) is 13.8 Å². The molecule has 22 heavy (non-hydrogen) atoms. The van der Waals surface area contributed by atoms with E-state index in [9.17, 15) is 9.59 Å². The average molecular weight is 311 g/mol. The highest BCUT2D eigenvalue weighted by Crippen LogP contribution is 2.36. The molecule has 0 heterocycles. The summed E-state index contributed by atoms with van der Waals surface area (Å²) in [5, 5.41) is 0. The summed E-state index contributed by atoms with van der Waals surface area (Å²) in [6.45, 7) is 4.45. The van der Waals surface area contributed by atoms with Crippen LogP contribution in [0.5, 0.6) is 0 Å². The van der Waals surface area contributed by atoms with Gasteiger partial charge < -0.3 is 9.59 Å². The third-order valence-electron chi connectivity index (χ3n) is 4.76. The van der Waals surface area contributed by atoms with Crippen molar-refractivity contribution in [3.63, 3.8) is 0 Å². The second kappa shape index (κ2) is 16.7. The van der Waals surface area contributed by atoms with Crippen LogP contribution in [0.4, 0.5) is 0 Å². The molecule has 0 N–H and O–H groups in total. The molecule has 1 fully saturated rings. The Balaban J connectivity index is 0.000000401. The molecular weight excluding hydrogens is 272 g/mol. The summed E-state index contributed by atoms with van der Waals surface area (Å²) < 4.78 is 0. The summed E-state index contributed by atoms with van der Waals surface area (Å²) in [4.78, 5) is 20.4. The minimum atomic E-state index is 0.423. The molecule has 0 saturated heterocycles. The molecule has 1 aliphatic rings. The predicted octanol–water partition coefficient (Wildman–Crippen LogP) is 6.12. The molecule has 2 nitrogen and oxygen atoms in total. The molecule has 0 aliphatic heterocycles. The lowest BCUT2D eigenvalue weighted by Gasteiger charge is -2.32. The first-order valence-electron chi connectivity index (χ1n) is 9.69. The molecule has 1 aliphatic carbocycles. The van der Waals surface area contributed by atoms with Crippen molar-refractivity contribution in [2.75, 3.05) is 0 Å². The van der Waals surface area contributed by atoms with Gasteiger partial charge in [0, 0.05) is 12.3 Å². The van der Waals surface area contributed by atoms with E-state index in [-0.39, 0.29) is 0 Å². The van der Waals surface area contributed by atoms with Crippen molar-refractivity contribution in [2.45, 2.75) is 104 Å². The van der Waals surface area contributed by atoms with Crippen molar-refractivity contribution in [1.29, 1.82) is 0 Å². The Morgan fingerprint density at radius 1 is 0.773 bits per heavy atom. The highest BCUT2D eigenvalue weighted by Gasteiger charge is 2.29. The van der Waals surface area contributed by atoms with Crippen LogP contribution in [-0.4, -0.2) is 12.6 Å². The molecule has 2 unspecified atom stereocenters. The monoisotopic (exact) mass is 310 g/mol. The maximum absolute atomic E-state index is 10.4. The fourth-order valence-electron chi connectivity index (χ4n) is 2.97. The summed E-state index contributed by atoms with van der Waals surface area (Å²) in [6.07, 6.45) is 19.7. The van der Waals surface area contributed by atoms with E-state index in [4.69, 9.17) is 0 Å². The largest absolute Gasteiger partial charge is 0.303 e.